The molecule has 0 aliphatic carbocycles. The Morgan fingerprint density at radius 2 is 0.178 bits per heavy atom. The van der Waals surface area contributed by atoms with Crippen LogP contribution in [0.1, 0.15) is 0 Å². The van der Waals surface area contributed by atoms with Gasteiger partial charge in [-0.25, -0.2) is 0 Å². The Kier molecular flexibility index (Phi) is 212. The normalized spacial score (nSPS) is 8.00. The SMILES string of the molecule is O.O.O.O.O.O.[Ni+2].[Ni+2].[Ni+2].[Ni+2].[Ni+2].[Ni+2].[Ni+2].[Ni+2].[Ni+2].[O-][Si]([O-])([O-])F.[O-][Si]([O-])([O-])F.[O-][Si]([O-])([O-])F.[O-][Si]([O-])([O-])F.[O-][Si]([O-])([O-])F.[O-][Si]([O-])([O-])F. The standard InChI is InChI=1S/6FO3Si.9Ni.6H2O/c6*1-5(2,3)4;;;;;;;;;;;;;;;/h;;;;;;;;;;;;;;;6*1H2/q6*-3;9*+2;;;;;;. The maximum Gasteiger partial charge on any atom is 2.00 e. The average Bonchev–Trinajstić information content (AvgIpc) is 1.94. The van der Waals surface area contributed by atoms with Crippen molar-refractivity contribution in [3.63, 3.8) is 0 Å². The fourth-order valence-electron chi connectivity index (χ4n) is 0. The average molecular weight is 1210 g/mol. The molecule has 0 rings (SSSR count). The molecule has 0 bridgehead atoms. The zero-order valence-electron chi connectivity index (χ0n) is 18.5. The fraction of sp³-hybridized carbons (Fsp3) is 0. The van der Waals surface area contributed by atoms with E-state index >= 15 is 0 Å². The van der Waals surface area contributed by atoms with Crippen LogP contribution in [0.2, 0.25) is 0 Å². The summed E-state index contributed by atoms with van der Waals surface area (Å²) >= 11 is 0. The van der Waals surface area contributed by atoms with E-state index in [1.54, 1.807) is 0 Å². The van der Waals surface area contributed by atoms with Gasteiger partial charge in [-0.2, -0.15) is 0 Å². The van der Waals surface area contributed by atoms with E-state index in [2.05, 4.69) is 0 Å². The summed E-state index contributed by atoms with van der Waals surface area (Å²) in [7, 11) is -35.2. The molecule has 0 fully saturated rings. The minimum atomic E-state index is -5.86. The molecule has 0 atom stereocenters. The third-order valence-electron chi connectivity index (χ3n) is 0. The van der Waals surface area contributed by atoms with E-state index in [0.717, 1.165) is 0 Å². The summed E-state index contributed by atoms with van der Waals surface area (Å²) in [5.74, 6) is 0. The molecule has 0 amide bonds. The molecule has 0 aliphatic rings. The summed E-state index contributed by atoms with van der Waals surface area (Å²) in [5, 5.41) is 0. The quantitative estimate of drug-likeness (QED) is 0.123. The molecule has 45 heavy (non-hydrogen) atoms. The van der Waals surface area contributed by atoms with Gasteiger partial charge in [0, 0.05) is 0 Å². The van der Waals surface area contributed by atoms with Crippen molar-refractivity contribution in [2.45, 2.75) is 0 Å². The van der Waals surface area contributed by atoms with E-state index < -0.39 is 54.8 Å². The Morgan fingerprint density at radius 1 is 0.178 bits per heavy atom. The van der Waals surface area contributed by atoms with Crippen molar-refractivity contribution in [1.29, 1.82) is 0 Å². The molecule has 0 aliphatic heterocycles. The van der Waals surface area contributed by atoms with E-state index in [1.165, 1.54) is 0 Å². The zero-order valence-corrected chi connectivity index (χ0v) is 33.4. The maximum absolute atomic E-state index is 10.2. The van der Waals surface area contributed by atoms with E-state index in [4.69, 9.17) is 86.3 Å². The Labute approximate surface area is 344 Å². The fourth-order valence-corrected chi connectivity index (χ4v) is 0. The summed E-state index contributed by atoms with van der Waals surface area (Å²) in [6.07, 6.45) is 0. The minimum absolute atomic E-state index is 0. The molecule has 0 saturated carbocycles. The predicted octanol–water partition coefficient (Wildman–Crippen LogP) is -26.1. The molecule has 0 heterocycles. The molecule has 24 nitrogen and oxygen atoms in total. The summed E-state index contributed by atoms with van der Waals surface area (Å²) < 4.78 is 61.0. The third kappa shape index (κ3) is 5460. The number of hydrogen-bond donors (Lipinski definition) is 0. The Balaban J connectivity index is -0.00000000758. The van der Waals surface area contributed by atoms with Gasteiger partial charge < -0.3 is 144 Å². The molecule has 0 radical (unpaired) electrons. The monoisotopic (exact) mass is 1200 g/mol. The first kappa shape index (κ1) is 144. The van der Waals surface area contributed by atoms with Crippen LogP contribution in [-0.2, 0) is 148 Å². The predicted molar refractivity (Wildman–Crippen MR) is 62.9 cm³/mol. The second kappa shape index (κ2) is 66.6. The number of halogens is 6. The Hall–Kier alpha value is 4.36. The van der Waals surface area contributed by atoms with Crippen molar-refractivity contribution in [2.75, 3.05) is 0 Å². The summed E-state index contributed by atoms with van der Waals surface area (Å²) in [5.41, 5.74) is 0. The van der Waals surface area contributed by atoms with Gasteiger partial charge in [0.2, 0.25) is 0 Å². The van der Waals surface area contributed by atoms with Crippen LogP contribution in [0.15, 0.2) is 0 Å². The van der Waals surface area contributed by atoms with Crippen LogP contribution >= 0.6 is 0 Å². The first-order valence-electron chi connectivity index (χ1n) is 4.81. The second-order valence-corrected chi connectivity index (χ2v) is 8.67. The van der Waals surface area contributed by atoms with E-state index in [1.807, 2.05) is 0 Å². The molecule has 0 unspecified atom stereocenters. The molecule has 0 aromatic carbocycles. The maximum atomic E-state index is 10.2. The van der Waals surface area contributed by atoms with Gasteiger partial charge in [-0.15, -0.1) is 0 Å². The molecule has 0 spiro atoms. The Bertz CT molecular complexity index is 264. The van der Waals surface area contributed by atoms with Crippen molar-refractivity contribution >= 4 is 54.8 Å². The first-order chi connectivity index (χ1) is 12.0. The topological polar surface area (TPSA) is 604 Å². The van der Waals surface area contributed by atoms with Gasteiger partial charge in [0.1, 0.15) is 0 Å². The van der Waals surface area contributed by atoms with Gasteiger partial charge >= 0.3 is 148 Å². The molecular weight excluding hydrogens is 1190 g/mol. The van der Waals surface area contributed by atoms with E-state index in [9.17, 15) is 24.6 Å². The molecular formula is H12F6Ni9O24Si6. The van der Waals surface area contributed by atoms with Crippen LogP contribution in [0, 0.1) is 0 Å². The smallest absolute Gasteiger partial charge is 0.857 e. The largest absolute Gasteiger partial charge is 2.00 e. The van der Waals surface area contributed by atoms with Gasteiger partial charge in [-0.1, -0.05) is 54.8 Å². The first-order valence-corrected chi connectivity index (χ1v) is 14.4. The zero-order chi connectivity index (χ0) is 27.0. The van der Waals surface area contributed by atoms with Crippen molar-refractivity contribution in [3.05, 3.63) is 0 Å². The number of hydrogen-bond acceptors (Lipinski definition) is 18. The van der Waals surface area contributed by atoms with Gasteiger partial charge in [0.05, 0.1) is 0 Å². The van der Waals surface area contributed by atoms with Gasteiger partial charge in [-0.3, -0.25) is 0 Å². The minimum Gasteiger partial charge on any atom is -0.857 e. The molecule has 312 valence electrons. The summed E-state index contributed by atoms with van der Waals surface area (Å²) in [6, 6.07) is 0. The van der Waals surface area contributed by atoms with Gasteiger partial charge in [-0.05, 0) is 0 Å². The van der Waals surface area contributed by atoms with Gasteiger partial charge in [0.25, 0.3) is 0 Å². The van der Waals surface area contributed by atoms with Crippen LogP contribution in [0.5, 0.6) is 0 Å². The molecule has 0 aromatic rings. The second-order valence-electron chi connectivity index (χ2n) is 2.89. The van der Waals surface area contributed by atoms with Crippen LogP contribution < -0.4 is 86.3 Å². The summed E-state index contributed by atoms with van der Waals surface area (Å²) in [6.45, 7) is 0. The van der Waals surface area contributed by atoms with Crippen molar-refractivity contribution in [1.82, 2.24) is 0 Å². The van der Waals surface area contributed by atoms with Crippen LogP contribution in [0.4, 0.5) is 24.6 Å². The summed E-state index contributed by atoms with van der Waals surface area (Å²) in [4.78, 5) is 152. The molecule has 45 heteroatoms. The third-order valence-corrected chi connectivity index (χ3v) is 0. The van der Waals surface area contributed by atoms with E-state index in [0.29, 0.717) is 0 Å². The van der Waals surface area contributed by atoms with E-state index in [-0.39, 0.29) is 181 Å². The van der Waals surface area contributed by atoms with Crippen molar-refractivity contribution in [3.8, 4) is 0 Å². The molecule has 0 saturated heterocycles. The van der Waals surface area contributed by atoms with Gasteiger partial charge in [0.15, 0.2) is 0 Å². The van der Waals surface area contributed by atoms with Crippen molar-refractivity contribution in [2.24, 2.45) is 0 Å². The van der Waals surface area contributed by atoms with Crippen LogP contribution in [0.25, 0.3) is 0 Å². The number of rotatable bonds is 0. The molecule has 12 N–H and O–H groups in total. The molecule has 0 aromatic heterocycles. The van der Waals surface area contributed by atoms with Crippen LogP contribution in [0.3, 0.4) is 0 Å². The van der Waals surface area contributed by atoms with Crippen LogP contribution in [-0.4, -0.2) is 87.7 Å². The Morgan fingerprint density at radius 3 is 0.178 bits per heavy atom. The van der Waals surface area contributed by atoms with Crippen molar-refractivity contribution < 1.29 is 292 Å².